The fourth-order valence-electron chi connectivity index (χ4n) is 1.81. The van der Waals surface area contributed by atoms with Crippen molar-refractivity contribution in [2.45, 2.75) is 26.2 Å². The molecule has 0 saturated heterocycles. The molecule has 1 aromatic rings. The number of fused-ring (bicyclic) bond motifs is 1. The van der Waals surface area contributed by atoms with E-state index in [2.05, 4.69) is 6.92 Å². The Hall–Kier alpha value is -0.830. The minimum absolute atomic E-state index is 0.499. The van der Waals surface area contributed by atoms with Crippen LogP contribution in [0.2, 0.25) is 0 Å². The maximum Gasteiger partial charge on any atom is 0.345 e. The molecule has 70 valence electrons. The minimum Gasteiger partial charge on any atom is -0.477 e. The first-order valence-corrected chi connectivity index (χ1v) is 5.33. The van der Waals surface area contributed by atoms with E-state index in [9.17, 15) is 4.79 Å². The highest BCUT2D eigenvalue weighted by Gasteiger charge is 2.19. The van der Waals surface area contributed by atoms with Crippen LogP contribution in [0.15, 0.2) is 6.07 Å². The second-order valence-corrected chi connectivity index (χ2v) is 4.85. The summed E-state index contributed by atoms with van der Waals surface area (Å²) >= 11 is 1.45. The van der Waals surface area contributed by atoms with E-state index in [0.717, 1.165) is 12.8 Å². The summed E-state index contributed by atoms with van der Waals surface area (Å²) in [6.45, 7) is 2.22. The molecule has 1 atom stereocenters. The molecule has 0 amide bonds. The van der Waals surface area contributed by atoms with Gasteiger partial charge in [0, 0.05) is 4.88 Å². The smallest absolute Gasteiger partial charge is 0.345 e. The minimum atomic E-state index is -0.785. The second kappa shape index (κ2) is 3.14. The van der Waals surface area contributed by atoms with E-state index in [4.69, 9.17) is 5.11 Å². The van der Waals surface area contributed by atoms with Gasteiger partial charge < -0.3 is 5.11 Å². The van der Waals surface area contributed by atoms with Gasteiger partial charge in [-0.2, -0.15) is 0 Å². The van der Waals surface area contributed by atoms with Crippen molar-refractivity contribution in [2.75, 3.05) is 0 Å². The monoisotopic (exact) mass is 196 g/mol. The fourth-order valence-corrected chi connectivity index (χ4v) is 2.86. The van der Waals surface area contributed by atoms with Gasteiger partial charge >= 0.3 is 5.97 Å². The molecule has 0 bridgehead atoms. The van der Waals surface area contributed by atoms with Crippen LogP contribution in [0, 0.1) is 5.92 Å². The van der Waals surface area contributed by atoms with Crippen molar-refractivity contribution in [3.05, 3.63) is 21.4 Å². The van der Waals surface area contributed by atoms with Crippen molar-refractivity contribution < 1.29 is 9.90 Å². The third-order valence-corrected chi connectivity index (χ3v) is 3.77. The first-order valence-electron chi connectivity index (χ1n) is 4.51. The average molecular weight is 196 g/mol. The summed E-state index contributed by atoms with van der Waals surface area (Å²) in [7, 11) is 0. The Labute approximate surface area is 81.2 Å². The maximum atomic E-state index is 10.7. The Bertz CT molecular complexity index is 341. The van der Waals surface area contributed by atoms with Gasteiger partial charge in [0.15, 0.2) is 0 Å². The number of thiophene rings is 1. The van der Waals surface area contributed by atoms with Gasteiger partial charge in [-0.05, 0) is 36.8 Å². The van der Waals surface area contributed by atoms with Gasteiger partial charge in [-0.15, -0.1) is 11.3 Å². The third kappa shape index (κ3) is 1.61. The number of rotatable bonds is 1. The molecule has 1 heterocycles. The topological polar surface area (TPSA) is 37.3 Å². The quantitative estimate of drug-likeness (QED) is 0.749. The predicted molar refractivity (Wildman–Crippen MR) is 52.5 cm³/mol. The molecular weight excluding hydrogens is 184 g/mol. The summed E-state index contributed by atoms with van der Waals surface area (Å²) in [4.78, 5) is 12.5. The SMILES string of the molecule is CC1CCc2sc(C(=O)O)cc2C1. The second-order valence-electron chi connectivity index (χ2n) is 3.71. The number of hydrogen-bond acceptors (Lipinski definition) is 2. The zero-order valence-corrected chi connectivity index (χ0v) is 8.36. The Morgan fingerprint density at radius 2 is 2.46 bits per heavy atom. The lowest BCUT2D eigenvalue weighted by atomic mass is 9.90. The molecule has 2 rings (SSSR count). The lowest BCUT2D eigenvalue weighted by molar-refractivity contribution is 0.0702. The van der Waals surface area contributed by atoms with Crippen LogP contribution in [-0.4, -0.2) is 11.1 Å². The fraction of sp³-hybridized carbons (Fsp3) is 0.500. The maximum absolute atomic E-state index is 10.7. The molecule has 0 aromatic carbocycles. The normalized spacial score (nSPS) is 21.2. The summed E-state index contributed by atoms with van der Waals surface area (Å²) in [5.74, 6) is -0.0733. The van der Waals surface area contributed by atoms with E-state index in [1.165, 1.54) is 28.2 Å². The van der Waals surface area contributed by atoms with E-state index in [1.54, 1.807) is 0 Å². The molecule has 2 nitrogen and oxygen atoms in total. The molecule has 1 unspecified atom stereocenters. The van der Waals surface area contributed by atoms with Crippen LogP contribution in [0.4, 0.5) is 0 Å². The first-order chi connectivity index (χ1) is 6.16. The number of hydrogen-bond donors (Lipinski definition) is 1. The predicted octanol–water partition coefficient (Wildman–Crippen LogP) is 2.57. The van der Waals surface area contributed by atoms with Gasteiger partial charge in [0.1, 0.15) is 4.88 Å². The molecule has 13 heavy (non-hydrogen) atoms. The molecule has 1 aromatic heterocycles. The molecular formula is C10H12O2S. The van der Waals surface area contributed by atoms with Crippen molar-refractivity contribution in [1.29, 1.82) is 0 Å². The highest BCUT2D eigenvalue weighted by atomic mass is 32.1. The van der Waals surface area contributed by atoms with Gasteiger partial charge in [-0.3, -0.25) is 0 Å². The molecule has 1 aliphatic rings. The van der Waals surface area contributed by atoms with Gasteiger partial charge in [0.05, 0.1) is 0 Å². The van der Waals surface area contributed by atoms with Crippen LogP contribution < -0.4 is 0 Å². The molecule has 0 fully saturated rings. The van der Waals surface area contributed by atoms with E-state index in [-0.39, 0.29) is 0 Å². The molecule has 1 aliphatic carbocycles. The summed E-state index contributed by atoms with van der Waals surface area (Å²) < 4.78 is 0. The highest BCUT2D eigenvalue weighted by Crippen LogP contribution is 2.31. The van der Waals surface area contributed by atoms with Gasteiger partial charge in [0.2, 0.25) is 0 Å². The van der Waals surface area contributed by atoms with Crippen LogP contribution in [-0.2, 0) is 12.8 Å². The summed E-state index contributed by atoms with van der Waals surface area (Å²) in [6.07, 6.45) is 3.32. The van der Waals surface area contributed by atoms with E-state index >= 15 is 0 Å². The number of aryl methyl sites for hydroxylation is 1. The van der Waals surface area contributed by atoms with Crippen molar-refractivity contribution in [2.24, 2.45) is 5.92 Å². The Kier molecular flexibility index (Phi) is 2.12. The van der Waals surface area contributed by atoms with Gasteiger partial charge in [-0.25, -0.2) is 4.79 Å². The van der Waals surface area contributed by atoms with E-state index in [0.29, 0.717) is 10.8 Å². The number of aromatic carboxylic acids is 1. The zero-order chi connectivity index (χ0) is 9.42. The van der Waals surface area contributed by atoms with E-state index in [1.807, 2.05) is 6.07 Å². The van der Waals surface area contributed by atoms with Crippen molar-refractivity contribution in [1.82, 2.24) is 0 Å². The molecule has 0 spiro atoms. The Balaban J connectivity index is 2.33. The van der Waals surface area contributed by atoms with Crippen molar-refractivity contribution >= 4 is 17.3 Å². The largest absolute Gasteiger partial charge is 0.477 e. The van der Waals surface area contributed by atoms with Crippen LogP contribution in [0.25, 0.3) is 0 Å². The Morgan fingerprint density at radius 1 is 1.69 bits per heavy atom. The van der Waals surface area contributed by atoms with Crippen LogP contribution in [0.1, 0.15) is 33.5 Å². The number of carboxylic acids is 1. The third-order valence-electron chi connectivity index (χ3n) is 2.54. The average Bonchev–Trinajstić information content (AvgIpc) is 2.46. The van der Waals surface area contributed by atoms with E-state index < -0.39 is 5.97 Å². The van der Waals surface area contributed by atoms with Crippen molar-refractivity contribution in [3.8, 4) is 0 Å². The lowest BCUT2D eigenvalue weighted by Gasteiger charge is -2.16. The molecule has 3 heteroatoms. The van der Waals surface area contributed by atoms with Gasteiger partial charge in [0.25, 0.3) is 0 Å². The molecule has 0 aliphatic heterocycles. The summed E-state index contributed by atoms with van der Waals surface area (Å²) in [5.41, 5.74) is 1.26. The first kappa shape index (κ1) is 8.75. The van der Waals surface area contributed by atoms with Crippen molar-refractivity contribution in [3.63, 3.8) is 0 Å². The standard InChI is InChI=1S/C10H12O2S/c1-6-2-3-8-7(4-6)5-9(13-8)10(11)12/h5-6H,2-4H2,1H3,(H,11,12). The summed E-state index contributed by atoms with van der Waals surface area (Å²) in [6, 6.07) is 1.85. The molecule has 1 N–H and O–H groups in total. The molecule has 0 radical (unpaired) electrons. The number of carboxylic acid groups (broad SMARTS) is 1. The van der Waals surface area contributed by atoms with Crippen LogP contribution >= 0.6 is 11.3 Å². The van der Waals surface area contributed by atoms with Gasteiger partial charge in [-0.1, -0.05) is 6.92 Å². The highest BCUT2D eigenvalue weighted by molar-refractivity contribution is 7.14. The lowest BCUT2D eigenvalue weighted by Crippen LogP contribution is -2.08. The summed E-state index contributed by atoms with van der Waals surface area (Å²) in [5, 5.41) is 8.81. The number of carbonyl (C=O) groups is 1. The van der Waals surface area contributed by atoms with Crippen LogP contribution in [0.5, 0.6) is 0 Å². The molecule has 0 saturated carbocycles. The van der Waals surface area contributed by atoms with Crippen LogP contribution in [0.3, 0.4) is 0 Å². The Morgan fingerprint density at radius 3 is 3.15 bits per heavy atom. The zero-order valence-electron chi connectivity index (χ0n) is 7.54.